The first-order valence-corrected chi connectivity index (χ1v) is 7.07. The molecule has 0 fully saturated rings. The lowest BCUT2D eigenvalue weighted by molar-refractivity contribution is -0.105. The van der Waals surface area contributed by atoms with Gasteiger partial charge in [-0.05, 0) is 30.1 Å². The molecule has 1 heteroatoms. The first kappa shape index (κ1) is 14.7. The minimum atomic E-state index is 0.907. The van der Waals surface area contributed by atoms with Crippen molar-refractivity contribution in [2.75, 3.05) is 0 Å². The van der Waals surface area contributed by atoms with E-state index in [9.17, 15) is 4.79 Å². The molecule has 1 nitrogen and oxygen atoms in total. The maximum atomic E-state index is 11.0. The van der Waals surface area contributed by atoms with E-state index in [4.69, 9.17) is 0 Å². The van der Waals surface area contributed by atoms with Gasteiger partial charge in [0.05, 0.1) is 0 Å². The molecule has 1 aromatic carbocycles. The van der Waals surface area contributed by atoms with Gasteiger partial charge in [-0.25, -0.2) is 0 Å². The van der Waals surface area contributed by atoms with Crippen molar-refractivity contribution in [1.29, 1.82) is 0 Å². The lowest BCUT2D eigenvalue weighted by Gasteiger charge is -2.01. The largest absolute Gasteiger partial charge is 0.298 e. The number of hydrogen-bond acceptors (Lipinski definition) is 1. The van der Waals surface area contributed by atoms with Crippen molar-refractivity contribution >= 4 is 12.4 Å². The van der Waals surface area contributed by atoms with Crippen LogP contribution >= 0.6 is 0 Å². The highest BCUT2D eigenvalue weighted by Crippen LogP contribution is 2.13. The van der Waals surface area contributed by atoms with E-state index < -0.39 is 0 Å². The number of hydrogen-bond donors (Lipinski definition) is 0. The third-order valence-corrected chi connectivity index (χ3v) is 3.12. The van der Waals surface area contributed by atoms with Gasteiger partial charge in [-0.2, -0.15) is 0 Å². The van der Waals surface area contributed by atoms with E-state index in [0.717, 1.165) is 30.3 Å². The quantitative estimate of drug-likeness (QED) is 0.338. The molecule has 0 amide bonds. The average Bonchev–Trinajstić information content (AvgIpc) is 2.42. The summed E-state index contributed by atoms with van der Waals surface area (Å²) in [6.07, 6.45) is 11.5. The van der Waals surface area contributed by atoms with Crippen LogP contribution in [0.1, 0.15) is 57.4 Å². The van der Waals surface area contributed by atoms with E-state index in [2.05, 4.69) is 6.92 Å². The summed E-state index contributed by atoms with van der Waals surface area (Å²) >= 11 is 0. The minimum absolute atomic E-state index is 0.907. The summed E-state index contributed by atoms with van der Waals surface area (Å²) in [5.41, 5.74) is 2.03. The number of aldehydes is 1. The molecule has 0 heterocycles. The van der Waals surface area contributed by atoms with Crippen LogP contribution in [0, 0.1) is 0 Å². The van der Waals surface area contributed by atoms with Crippen molar-refractivity contribution in [3.63, 3.8) is 0 Å². The zero-order valence-corrected chi connectivity index (χ0v) is 11.4. The Morgan fingerprint density at radius 2 is 1.67 bits per heavy atom. The summed E-state index contributed by atoms with van der Waals surface area (Å²) in [6, 6.07) is 10.1. The second-order valence-electron chi connectivity index (χ2n) is 4.77. The molecule has 0 N–H and O–H groups in total. The number of rotatable bonds is 9. The predicted molar refractivity (Wildman–Crippen MR) is 78.5 cm³/mol. The van der Waals surface area contributed by atoms with E-state index in [1.165, 1.54) is 32.1 Å². The normalized spacial score (nSPS) is 11.5. The van der Waals surface area contributed by atoms with Crippen molar-refractivity contribution in [1.82, 2.24) is 0 Å². The standard InChI is InChI=1S/C17H24O/c1-2-3-4-5-6-8-13-17(15-18)14-16-11-9-7-10-12-16/h7,9-12,14-15H,2-6,8,13H2,1H3/b17-14-. The summed E-state index contributed by atoms with van der Waals surface area (Å²) in [5.74, 6) is 0. The fourth-order valence-corrected chi connectivity index (χ4v) is 2.04. The zero-order valence-electron chi connectivity index (χ0n) is 11.4. The molecule has 0 aliphatic rings. The molecular weight excluding hydrogens is 220 g/mol. The van der Waals surface area contributed by atoms with Crippen molar-refractivity contribution in [2.24, 2.45) is 0 Å². The van der Waals surface area contributed by atoms with Crippen molar-refractivity contribution in [2.45, 2.75) is 51.9 Å². The van der Waals surface area contributed by atoms with E-state index in [1.807, 2.05) is 36.4 Å². The second kappa shape index (κ2) is 9.64. The van der Waals surface area contributed by atoms with Crippen LogP contribution < -0.4 is 0 Å². The first-order chi connectivity index (χ1) is 8.86. The molecule has 1 rings (SSSR count). The number of carbonyl (C=O) groups excluding carboxylic acids is 1. The highest BCUT2D eigenvalue weighted by atomic mass is 16.1. The maximum Gasteiger partial charge on any atom is 0.146 e. The second-order valence-corrected chi connectivity index (χ2v) is 4.77. The smallest absolute Gasteiger partial charge is 0.146 e. The summed E-state index contributed by atoms with van der Waals surface area (Å²) in [6.45, 7) is 2.23. The lowest BCUT2D eigenvalue weighted by atomic mass is 10.0. The zero-order chi connectivity index (χ0) is 13.1. The van der Waals surface area contributed by atoms with Crippen LogP contribution in [0.4, 0.5) is 0 Å². The van der Waals surface area contributed by atoms with Crippen LogP contribution in [0.3, 0.4) is 0 Å². The summed E-state index contributed by atoms with van der Waals surface area (Å²) in [5, 5.41) is 0. The molecule has 0 bridgehead atoms. The van der Waals surface area contributed by atoms with Gasteiger partial charge in [-0.15, -0.1) is 0 Å². The molecule has 0 aromatic heterocycles. The average molecular weight is 244 g/mol. The van der Waals surface area contributed by atoms with Gasteiger partial charge in [0.15, 0.2) is 0 Å². The molecular formula is C17H24O. The summed E-state index contributed by atoms with van der Waals surface area (Å²) in [4.78, 5) is 11.0. The Balaban J connectivity index is 2.30. The van der Waals surface area contributed by atoms with Gasteiger partial charge in [-0.1, -0.05) is 69.4 Å². The van der Waals surface area contributed by atoms with Crippen molar-refractivity contribution in [3.05, 3.63) is 41.5 Å². The topological polar surface area (TPSA) is 17.1 Å². The summed E-state index contributed by atoms with van der Waals surface area (Å²) < 4.78 is 0. The molecule has 0 aliphatic carbocycles. The Hall–Kier alpha value is -1.37. The fourth-order valence-electron chi connectivity index (χ4n) is 2.04. The van der Waals surface area contributed by atoms with E-state index in [1.54, 1.807) is 0 Å². The predicted octanol–water partition coefficient (Wildman–Crippen LogP) is 5.02. The maximum absolute atomic E-state index is 11.0. The monoisotopic (exact) mass is 244 g/mol. The van der Waals surface area contributed by atoms with Crippen LogP contribution in [0.25, 0.3) is 6.08 Å². The van der Waals surface area contributed by atoms with E-state index in [-0.39, 0.29) is 0 Å². The molecule has 0 aliphatic heterocycles. The van der Waals surface area contributed by atoms with Crippen LogP contribution in [-0.2, 0) is 4.79 Å². The van der Waals surface area contributed by atoms with Gasteiger partial charge in [-0.3, -0.25) is 4.79 Å². The van der Waals surface area contributed by atoms with Gasteiger partial charge in [0, 0.05) is 0 Å². The Bertz CT molecular complexity index is 351. The third kappa shape index (κ3) is 6.39. The number of allylic oxidation sites excluding steroid dienone is 1. The van der Waals surface area contributed by atoms with E-state index >= 15 is 0 Å². The molecule has 98 valence electrons. The van der Waals surface area contributed by atoms with Gasteiger partial charge in [0.1, 0.15) is 6.29 Å². The van der Waals surface area contributed by atoms with Crippen molar-refractivity contribution < 1.29 is 4.79 Å². The number of benzene rings is 1. The first-order valence-electron chi connectivity index (χ1n) is 7.07. The molecule has 0 atom stereocenters. The van der Waals surface area contributed by atoms with E-state index in [0.29, 0.717) is 0 Å². The molecule has 0 spiro atoms. The number of unbranched alkanes of at least 4 members (excludes halogenated alkanes) is 5. The molecule has 18 heavy (non-hydrogen) atoms. The van der Waals surface area contributed by atoms with Crippen molar-refractivity contribution in [3.8, 4) is 0 Å². The fraction of sp³-hybridized carbons (Fsp3) is 0.471. The lowest BCUT2D eigenvalue weighted by Crippen LogP contribution is -1.87. The van der Waals surface area contributed by atoms with Crippen LogP contribution in [-0.4, -0.2) is 6.29 Å². The minimum Gasteiger partial charge on any atom is -0.298 e. The van der Waals surface area contributed by atoms with Gasteiger partial charge < -0.3 is 0 Å². The third-order valence-electron chi connectivity index (χ3n) is 3.12. The molecule has 0 radical (unpaired) electrons. The Labute approximate surface area is 111 Å². The highest BCUT2D eigenvalue weighted by molar-refractivity contribution is 5.81. The Kier molecular flexibility index (Phi) is 7.87. The highest BCUT2D eigenvalue weighted by Gasteiger charge is 1.97. The molecule has 0 saturated heterocycles. The van der Waals surface area contributed by atoms with Gasteiger partial charge in [0.25, 0.3) is 0 Å². The SMILES string of the molecule is CCCCCCCC/C(C=O)=C/c1ccccc1. The Morgan fingerprint density at radius 3 is 2.33 bits per heavy atom. The van der Waals surface area contributed by atoms with Crippen LogP contribution in [0.2, 0.25) is 0 Å². The van der Waals surface area contributed by atoms with Crippen LogP contribution in [0.5, 0.6) is 0 Å². The van der Waals surface area contributed by atoms with Gasteiger partial charge in [0.2, 0.25) is 0 Å². The molecule has 0 saturated carbocycles. The number of carbonyl (C=O) groups is 1. The van der Waals surface area contributed by atoms with Gasteiger partial charge >= 0.3 is 0 Å². The molecule has 0 unspecified atom stereocenters. The van der Waals surface area contributed by atoms with Crippen LogP contribution in [0.15, 0.2) is 35.9 Å². The summed E-state index contributed by atoms with van der Waals surface area (Å²) in [7, 11) is 0. The Morgan fingerprint density at radius 1 is 1.00 bits per heavy atom. The molecule has 1 aromatic rings.